The molecular weight excluding hydrogens is 403 g/mol. The van der Waals surface area contributed by atoms with Crippen LogP contribution in [0.2, 0.25) is 0 Å². The minimum Gasteiger partial charge on any atom is -0.368 e. The van der Waals surface area contributed by atoms with Crippen molar-refractivity contribution in [3.63, 3.8) is 0 Å². The van der Waals surface area contributed by atoms with Crippen LogP contribution in [0.25, 0.3) is 5.65 Å². The average Bonchev–Trinajstić information content (AvgIpc) is 3.09. The molecular formula is C19H23F3N5OS+. The van der Waals surface area contributed by atoms with Gasteiger partial charge in [-0.3, -0.25) is 9.20 Å². The first-order valence-corrected chi connectivity index (χ1v) is 9.77. The summed E-state index contributed by atoms with van der Waals surface area (Å²) in [5.74, 6) is 0.350. The number of halogens is 3. The largest absolute Gasteiger partial charge is 0.434 e. The van der Waals surface area contributed by atoms with Crippen molar-refractivity contribution < 1.29 is 23.7 Å². The van der Waals surface area contributed by atoms with E-state index in [9.17, 15) is 18.0 Å². The lowest BCUT2D eigenvalue weighted by atomic mass is 9.91. The van der Waals surface area contributed by atoms with Crippen molar-refractivity contribution in [1.29, 1.82) is 0 Å². The lowest BCUT2D eigenvalue weighted by Crippen LogP contribution is -2.49. The molecule has 5 N–H and O–H groups in total. The maximum absolute atomic E-state index is 12.9. The van der Waals surface area contributed by atoms with Gasteiger partial charge >= 0.3 is 6.18 Å². The third-order valence-corrected chi connectivity index (χ3v) is 5.25. The third-order valence-electron chi connectivity index (χ3n) is 5.02. The Balaban J connectivity index is 1.63. The molecule has 0 radical (unpaired) electrons. The molecule has 0 saturated heterocycles. The van der Waals surface area contributed by atoms with Crippen molar-refractivity contribution in [3.05, 3.63) is 41.4 Å². The van der Waals surface area contributed by atoms with Gasteiger partial charge in [0.05, 0.1) is 0 Å². The number of aromatic nitrogens is 2. The number of hydrogen-bond donors (Lipinski definition) is 3. The number of alkyl halides is 3. The molecule has 10 heteroatoms. The Morgan fingerprint density at radius 2 is 1.93 bits per heavy atom. The molecule has 1 amide bonds. The standard InChI is InChI=1S/C19H22F3N5OS/c1-11(23)14(10-29)18(28)25-13-7-5-12(6-8-13)24-16-3-2-4-17-26-15(9-27(16)17)19(20,21)22/h2-4,9-10,12-13,24H,5-8,23H2,1H3,(H,25,28)/p+1/b14-11+. The van der Waals surface area contributed by atoms with E-state index in [0.717, 1.165) is 31.9 Å². The minimum atomic E-state index is -4.48. The summed E-state index contributed by atoms with van der Waals surface area (Å²) in [6, 6.07) is 5.08. The highest BCUT2D eigenvalue weighted by Gasteiger charge is 2.34. The number of fused-ring (bicyclic) bond motifs is 1. The van der Waals surface area contributed by atoms with Crippen LogP contribution < -0.4 is 16.4 Å². The zero-order valence-corrected chi connectivity index (χ0v) is 16.7. The Hall–Kier alpha value is -2.46. The van der Waals surface area contributed by atoms with Crippen molar-refractivity contribution in [2.24, 2.45) is 0 Å². The van der Waals surface area contributed by atoms with Crippen molar-refractivity contribution >= 4 is 35.0 Å². The summed E-state index contributed by atoms with van der Waals surface area (Å²) in [6.45, 7) is 1.74. The normalized spacial score (nSPS) is 20.9. The molecule has 3 rings (SSSR count). The van der Waals surface area contributed by atoms with Gasteiger partial charge in [0.1, 0.15) is 22.7 Å². The van der Waals surface area contributed by atoms with Gasteiger partial charge in [0, 0.05) is 30.6 Å². The van der Waals surface area contributed by atoms with Crippen LogP contribution in [0.4, 0.5) is 19.0 Å². The average molecular weight is 426 g/mol. The van der Waals surface area contributed by atoms with Crippen LogP contribution in [0.1, 0.15) is 38.3 Å². The number of amides is 1. The van der Waals surface area contributed by atoms with Crippen LogP contribution in [-0.4, -0.2) is 32.7 Å². The van der Waals surface area contributed by atoms with Gasteiger partial charge < -0.3 is 16.4 Å². The number of imidazole rings is 1. The molecule has 0 spiro atoms. The van der Waals surface area contributed by atoms with E-state index >= 15 is 0 Å². The molecule has 6 nitrogen and oxygen atoms in total. The Kier molecular flexibility index (Phi) is 6.23. The number of nitrogens with one attached hydrogen (secondary N) is 2. The first-order chi connectivity index (χ1) is 13.7. The maximum atomic E-state index is 12.9. The van der Waals surface area contributed by atoms with Gasteiger partial charge in [-0.15, -0.1) is 0 Å². The summed E-state index contributed by atoms with van der Waals surface area (Å²) < 4.78 is 40.3. The number of nitrogens with zero attached hydrogens (tertiary/aromatic N) is 2. The lowest BCUT2D eigenvalue weighted by molar-refractivity contribution is -0.302. The molecule has 0 aromatic carbocycles. The summed E-state index contributed by atoms with van der Waals surface area (Å²) in [7, 11) is 0. The predicted molar refractivity (Wildman–Crippen MR) is 107 cm³/mol. The predicted octanol–water partition coefficient (Wildman–Crippen LogP) is 2.71. The molecule has 2 aromatic rings. The zero-order chi connectivity index (χ0) is 21.2. The van der Waals surface area contributed by atoms with Gasteiger partial charge in [-0.05, 0) is 37.8 Å². The minimum absolute atomic E-state index is 0.0331. The monoisotopic (exact) mass is 426 g/mol. The number of carbonyl (C=O) groups excluding carboxylic acids is 1. The van der Waals surface area contributed by atoms with Gasteiger partial charge in [-0.1, -0.05) is 18.3 Å². The van der Waals surface area contributed by atoms with Crippen LogP contribution in [0.3, 0.4) is 0 Å². The number of hydrogen-bond acceptors (Lipinski definition) is 4. The molecule has 0 unspecified atom stereocenters. The smallest absolute Gasteiger partial charge is 0.368 e. The zero-order valence-electron chi connectivity index (χ0n) is 15.9. The third kappa shape index (κ3) is 4.94. The number of pyridine rings is 1. The molecule has 156 valence electrons. The van der Waals surface area contributed by atoms with Crippen LogP contribution >= 0.6 is 12.2 Å². The first-order valence-electron chi connectivity index (χ1n) is 9.29. The second-order valence-corrected chi connectivity index (χ2v) is 7.48. The van der Waals surface area contributed by atoms with Crippen molar-refractivity contribution in [1.82, 2.24) is 14.7 Å². The Morgan fingerprint density at radius 1 is 1.28 bits per heavy atom. The van der Waals surface area contributed by atoms with E-state index in [1.165, 1.54) is 9.77 Å². The van der Waals surface area contributed by atoms with Crippen LogP contribution in [0, 0.1) is 0 Å². The Labute approximate surface area is 171 Å². The fourth-order valence-electron chi connectivity index (χ4n) is 3.47. The Bertz CT molecular complexity index is 941. The quantitative estimate of drug-likeness (QED) is 0.507. The highest BCUT2D eigenvalue weighted by molar-refractivity contribution is 7.79. The fraction of sp³-hybridized carbons (Fsp3) is 0.421. The SMILES string of the molecule is C/C([NH3+])=C(/C=S)C(=O)NC1CCC(Nc2cccc3nc(C(F)(F)F)cn23)CC1. The summed E-state index contributed by atoms with van der Waals surface area (Å²) >= 11 is 4.88. The highest BCUT2D eigenvalue weighted by Crippen LogP contribution is 2.30. The molecule has 0 atom stereocenters. The lowest BCUT2D eigenvalue weighted by Gasteiger charge is -2.30. The van der Waals surface area contributed by atoms with Crippen LogP contribution in [-0.2, 0) is 11.0 Å². The molecule has 0 bridgehead atoms. The molecule has 2 aromatic heterocycles. The number of anilines is 1. The first kappa shape index (κ1) is 21.3. The molecule has 1 aliphatic rings. The number of thiocarbonyl (C=S) groups is 1. The number of quaternary nitrogens is 1. The summed E-state index contributed by atoms with van der Waals surface area (Å²) in [4.78, 5) is 15.9. The van der Waals surface area contributed by atoms with Crippen LogP contribution in [0.15, 0.2) is 35.7 Å². The molecule has 29 heavy (non-hydrogen) atoms. The molecule has 2 heterocycles. The van der Waals surface area contributed by atoms with E-state index in [1.807, 2.05) is 0 Å². The fourth-order valence-corrected chi connectivity index (χ4v) is 3.78. The van der Waals surface area contributed by atoms with E-state index in [0.29, 0.717) is 17.1 Å². The second-order valence-electron chi connectivity index (χ2n) is 7.24. The summed E-state index contributed by atoms with van der Waals surface area (Å²) in [6.07, 6.45) is -0.397. The van der Waals surface area contributed by atoms with E-state index < -0.39 is 11.9 Å². The highest BCUT2D eigenvalue weighted by atomic mass is 32.1. The molecule has 0 aliphatic heterocycles. The van der Waals surface area contributed by atoms with E-state index in [2.05, 4.69) is 21.4 Å². The van der Waals surface area contributed by atoms with Crippen molar-refractivity contribution in [3.8, 4) is 0 Å². The molecule has 1 saturated carbocycles. The van der Waals surface area contributed by atoms with E-state index in [4.69, 9.17) is 12.2 Å². The Morgan fingerprint density at radius 3 is 2.52 bits per heavy atom. The van der Waals surface area contributed by atoms with Gasteiger partial charge in [-0.25, -0.2) is 4.98 Å². The topological polar surface area (TPSA) is 86.1 Å². The van der Waals surface area contributed by atoms with Crippen molar-refractivity contribution in [2.45, 2.75) is 50.9 Å². The summed E-state index contributed by atoms with van der Waals surface area (Å²) in [5.41, 5.74) is 4.12. The number of rotatable bonds is 5. The van der Waals surface area contributed by atoms with Gasteiger partial charge in [0.2, 0.25) is 0 Å². The second kappa shape index (κ2) is 8.50. The van der Waals surface area contributed by atoms with Gasteiger partial charge in [-0.2, -0.15) is 13.2 Å². The number of allylic oxidation sites excluding steroid dienone is 1. The van der Waals surface area contributed by atoms with Gasteiger partial charge in [0.15, 0.2) is 5.69 Å². The van der Waals surface area contributed by atoms with E-state index in [1.54, 1.807) is 25.1 Å². The van der Waals surface area contributed by atoms with E-state index in [-0.39, 0.29) is 23.6 Å². The summed E-state index contributed by atoms with van der Waals surface area (Å²) in [5, 5.41) is 7.64. The van der Waals surface area contributed by atoms with Crippen molar-refractivity contribution in [2.75, 3.05) is 5.32 Å². The van der Waals surface area contributed by atoms with Gasteiger partial charge in [0.25, 0.3) is 5.91 Å². The maximum Gasteiger partial charge on any atom is 0.434 e. The van der Waals surface area contributed by atoms with Crippen LogP contribution in [0.5, 0.6) is 0 Å². The molecule has 1 aliphatic carbocycles. The molecule has 1 fully saturated rings. The number of carbonyl (C=O) groups is 1.